The van der Waals surface area contributed by atoms with Crippen molar-refractivity contribution in [2.45, 2.75) is 0 Å². The fourth-order valence-corrected chi connectivity index (χ4v) is 0.870. The Kier molecular flexibility index (Phi) is 1.03. The minimum absolute atomic E-state index is 0.193. The van der Waals surface area contributed by atoms with E-state index in [4.69, 9.17) is 9.47 Å². The molecule has 1 aliphatic rings. The van der Waals surface area contributed by atoms with E-state index in [1.165, 1.54) is 12.1 Å². The molecule has 2 rings (SSSR count). The van der Waals surface area contributed by atoms with Crippen LogP contribution in [0.25, 0.3) is 0 Å². The number of halogens is 1. The van der Waals surface area contributed by atoms with E-state index in [1.807, 2.05) is 0 Å². The van der Waals surface area contributed by atoms with Crippen molar-refractivity contribution in [2.75, 3.05) is 6.79 Å². The summed E-state index contributed by atoms with van der Waals surface area (Å²) in [6.07, 6.45) is 0. The molecule has 0 amide bonds. The molecule has 0 spiro atoms. The van der Waals surface area contributed by atoms with E-state index in [0.717, 1.165) is 0 Å². The Morgan fingerprint density at radius 2 is 2.00 bits per heavy atom. The smallest absolute Gasteiger partial charge is 0.231 e. The van der Waals surface area contributed by atoms with Crippen LogP contribution in [0.2, 0.25) is 0 Å². The molecule has 1 aromatic rings. The number of fused-ring (bicyclic) bond motifs is 1. The van der Waals surface area contributed by atoms with Gasteiger partial charge in [0.2, 0.25) is 6.79 Å². The zero-order chi connectivity index (χ0) is 6.97. The second kappa shape index (κ2) is 1.87. The number of hydrogen-bond donors (Lipinski definition) is 0. The van der Waals surface area contributed by atoms with Gasteiger partial charge < -0.3 is 9.47 Å². The lowest BCUT2D eigenvalue weighted by Gasteiger charge is -1.92. The van der Waals surface area contributed by atoms with Crippen molar-refractivity contribution in [1.29, 1.82) is 0 Å². The molecule has 1 heterocycles. The Morgan fingerprint density at radius 1 is 1.20 bits per heavy atom. The largest absolute Gasteiger partial charge is 0.454 e. The third-order valence-electron chi connectivity index (χ3n) is 1.33. The summed E-state index contributed by atoms with van der Waals surface area (Å²) < 4.78 is 22.3. The molecule has 0 N–H and O–H groups in total. The summed E-state index contributed by atoms with van der Waals surface area (Å²) in [5, 5.41) is 0. The van der Waals surface area contributed by atoms with Gasteiger partial charge >= 0.3 is 0 Å². The van der Waals surface area contributed by atoms with Gasteiger partial charge in [-0.05, 0) is 12.1 Å². The van der Waals surface area contributed by atoms with Gasteiger partial charge in [-0.3, -0.25) is 0 Å². The number of ether oxygens (including phenoxy) is 2. The van der Waals surface area contributed by atoms with Crippen molar-refractivity contribution in [3.63, 3.8) is 0 Å². The normalized spacial score (nSPS) is 13.7. The topological polar surface area (TPSA) is 18.5 Å². The molecule has 3 heteroatoms. The van der Waals surface area contributed by atoms with Gasteiger partial charge in [-0.15, -0.1) is 0 Å². The minimum atomic E-state index is -0.302. The fraction of sp³-hybridized carbons (Fsp3) is 0.143. The van der Waals surface area contributed by atoms with E-state index < -0.39 is 0 Å². The van der Waals surface area contributed by atoms with Crippen LogP contribution in [0.15, 0.2) is 18.2 Å². The highest BCUT2D eigenvalue weighted by Crippen LogP contribution is 2.31. The summed E-state index contributed by atoms with van der Waals surface area (Å²) in [4.78, 5) is 0. The summed E-state index contributed by atoms with van der Waals surface area (Å²) in [5.74, 6) is 0.797. The van der Waals surface area contributed by atoms with Gasteiger partial charge in [0.1, 0.15) is 5.82 Å². The maximum absolute atomic E-state index is 12.4. The number of benzene rings is 1. The van der Waals surface area contributed by atoms with E-state index in [-0.39, 0.29) is 12.6 Å². The predicted octanol–water partition coefficient (Wildman–Crippen LogP) is 1.55. The van der Waals surface area contributed by atoms with Crippen LogP contribution in [0.1, 0.15) is 0 Å². The van der Waals surface area contributed by atoms with E-state index >= 15 is 0 Å². The summed E-state index contributed by atoms with van der Waals surface area (Å²) >= 11 is 0. The lowest BCUT2D eigenvalue weighted by molar-refractivity contribution is 0.174. The Labute approximate surface area is 57.2 Å². The number of hydrogen-bond acceptors (Lipinski definition) is 2. The molecule has 0 radical (unpaired) electrons. The zero-order valence-corrected chi connectivity index (χ0v) is 5.13. The zero-order valence-electron chi connectivity index (χ0n) is 5.13. The summed E-state index contributed by atoms with van der Waals surface area (Å²) in [6.45, 7) is 0.193. The highest BCUT2D eigenvalue weighted by atomic mass is 19.1. The van der Waals surface area contributed by atoms with Crippen LogP contribution in [0.3, 0.4) is 0 Å². The first kappa shape index (κ1) is 5.53. The van der Waals surface area contributed by atoms with Crippen molar-refractivity contribution >= 4 is 0 Å². The SMILES string of the molecule is Fc1ccc2c(c1)OCO2. The molecular weight excluding hydrogens is 135 g/mol. The summed E-state index contributed by atoms with van der Waals surface area (Å²) in [7, 11) is 0. The lowest BCUT2D eigenvalue weighted by atomic mass is 10.3. The maximum Gasteiger partial charge on any atom is 0.231 e. The van der Waals surface area contributed by atoms with Crippen LogP contribution in [-0.2, 0) is 0 Å². The molecule has 0 aromatic heterocycles. The minimum Gasteiger partial charge on any atom is -0.454 e. The van der Waals surface area contributed by atoms with E-state index in [9.17, 15) is 4.39 Å². The average Bonchev–Trinajstić information content (AvgIpc) is 2.33. The highest BCUT2D eigenvalue weighted by Gasteiger charge is 2.12. The molecule has 0 fully saturated rings. The molecule has 1 aromatic carbocycles. The molecule has 0 unspecified atom stereocenters. The molecule has 0 bridgehead atoms. The molecule has 0 saturated heterocycles. The molecule has 10 heavy (non-hydrogen) atoms. The third-order valence-corrected chi connectivity index (χ3v) is 1.33. The Morgan fingerprint density at radius 3 is 2.90 bits per heavy atom. The van der Waals surface area contributed by atoms with Gasteiger partial charge in [0.15, 0.2) is 11.5 Å². The molecule has 52 valence electrons. The van der Waals surface area contributed by atoms with Crippen LogP contribution in [-0.4, -0.2) is 6.79 Å². The molecular formula is C7H5FO2. The van der Waals surface area contributed by atoms with E-state index in [0.29, 0.717) is 11.5 Å². The Balaban J connectivity index is 2.52. The van der Waals surface area contributed by atoms with Crippen molar-refractivity contribution in [1.82, 2.24) is 0 Å². The molecule has 0 aliphatic carbocycles. The third kappa shape index (κ3) is 0.708. The Hall–Kier alpha value is -1.25. The molecule has 1 aliphatic heterocycles. The second-order valence-electron chi connectivity index (χ2n) is 2.00. The van der Waals surface area contributed by atoms with Crippen LogP contribution in [0.4, 0.5) is 4.39 Å². The standard InChI is InChI=1S/C7H5FO2/c8-5-1-2-6-7(3-5)10-4-9-6/h1-3H,4H2. The van der Waals surface area contributed by atoms with Gasteiger partial charge in [-0.2, -0.15) is 0 Å². The van der Waals surface area contributed by atoms with Crippen molar-refractivity contribution in [3.8, 4) is 11.5 Å². The van der Waals surface area contributed by atoms with Gasteiger partial charge in [0.05, 0.1) is 0 Å². The van der Waals surface area contributed by atoms with Gasteiger partial charge in [0, 0.05) is 6.07 Å². The first-order valence-corrected chi connectivity index (χ1v) is 2.91. The Bertz CT molecular complexity index is 260. The first-order valence-electron chi connectivity index (χ1n) is 2.91. The average molecular weight is 140 g/mol. The van der Waals surface area contributed by atoms with E-state index in [2.05, 4.69) is 0 Å². The first-order chi connectivity index (χ1) is 4.86. The van der Waals surface area contributed by atoms with E-state index in [1.54, 1.807) is 6.07 Å². The molecule has 0 saturated carbocycles. The highest BCUT2D eigenvalue weighted by molar-refractivity contribution is 5.41. The van der Waals surface area contributed by atoms with Gasteiger partial charge in [-0.25, -0.2) is 4.39 Å². The molecule has 0 atom stereocenters. The summed E-state index contributed by atoms with van der Waals surface area (Å²) in [5.41, 5.74) is 0. The quantitative estimate of drug-likeness (QED) is 0.544. The monoisotopic (exact) mass is 140 g/mol. The van der Waals surface area contributed by atoms with Crippen molar-refractivity contribution < 1.29 is 13.9 Å². The number of rotatable bonds is 0. The predicted molar refractivity (Wildman–Crippen MR) is 32.5 cm³/mol. The van der Waals surface area contributed by atoms with Crippen molar-refractivity contribution in [3.05, 3.63) is 24.0 Å². The van der Waals surface area contributed by atoms with Crippen LogP contribution in [0, 0.1) is 5.82 Å². The van der Waals surface area contributed by atoms with Crippen LogP contribution in [0.5, 0.6) is 11.5 Å². The van der Waals surface area contributed by atoms with Crippen LogP contribution < -0.4 is 9.47 Å². The second-order valence-corrected chi connectivity index (χ2v) is 2.00. The maximum atomic E-state index is 12.4. The van der Waals surface area contributed by atoms with Crippen molar-refractivity contribution in [2.24, 2.45) is 0 Å². The summed E-state index contributed by atoms with van der Waals surface area (Å²) in [6, 6.07) is 4.20. The molecule has 2 nitrogen and oxygen atoms in total. The van der Waals surface area contributed by atoms with Gasteiger partial charge in [0.25, 0.3) is 0 Å². The lowest BCUT2D eigenvalue weighted by Crippen LogP contribution is -1.92. The van der Waals surface area contributed by atoms with Gasteiger partial charge in [-0.1, -0.05) is 0 Å². The fourth-order valence-electron chi connectivity index (χ4n) is 0.870. The van der Waals surface area contributed by atoms with Crippen LogP contribution >= 0.6 is 0 Å².